The number of ether oxygens (including phenoxy) is 2. The first-order valence-corrected chi connectivity index (χ1v) is 49.1. The van der Waals surface area contributed by atoms with E-state index < -0.39 is 16.1 Å². The Balaban J connectivity index is 0.000000226. The van der Waals surface area contributed by atoms with E-state index >= 15 is 0 Å². The third-order valence-electron chi connectivity index (χ3n) is 27.0. The number of methoxy groups -OCH3 is 2. The van der Waals surface area contributed by atoms with Gasteiger partial charge in [0.15, 0.2) is 0 Å². The second kappa shape index (κ2) is 30.5. The molecule has 12 rings (SSSR count). The van der Waals surface area contributed by atoms with E-state index in [0.717, 1.165) is 22.6 Å². The molecule has 0 amide bonds. The van der Waals surface area contributed by atoms with Gasteiger partial charge < -0.3 is 9.47 Å². The SMILES string of the molecule is CCC.COC1=C(c2ccc(C(C)(C)C)cc2)C2CC(C)C([Si](C)(C)C3CCC4C(c5ccc(C(C)(C)C)cc5)=C(C)C(C(C)(C)C)=CC43)C2C=C1C(C)(C)C.COc1c(C(C)(C)C)cc2c(c1-c1ccc(C(C)(C)C)cc1)C=C(C)C2[Si](C)(C)C1C(C)=Cc2c1cc(C(C)(C)C)c(C)c2-c1ccc(C(C)(C)C)cc1. The molecule has 2 nitrogen and oxygen atoms in total. The van der Waals surface area contributed by atoms with E-state index in [1.165, 1.54) is 137 Å². The second-order valence-corrected chi connectivity index (χ2v) is 54.3. The number of fused-ring (bicyclic) bond motifs is 4. The Morgan fingerprint density at radius 3 is 1.15 bits per heavy atom. The van der Waals surface area contributed by atoms with Gasteiger partial charge in [0.1, 0.15) is 11.5 Å². The van der Waals surface area contributed by atoms with Crippen molar-refractivity contribution in [2.45, 2.75) is 321 Å². The Labute approximate surface area is 675 Å². The molecule has 6 aliphatic carbocycles. The van der Waals surface area contributed by atoms with Crippen molar-refractivity contribution in [3.63, 3.8) is 0 Å². The Hall–Kier alpha value is -6.21. The first-order valence-electron chi connectivity index (χ1n) is 42.7. The summed E-state index contributed by atoms with van der Waals surface area (Å²) in [5.74, 6) is 5.10. The molecule has 9 atom stereocenters. The molecule has 0 bridgehead atoms. The molecular weight excluding hydrogens is 1360 g/mol. The highest BCUT2D eigenvalue weighted by Gasteiger charge is 2.58. The fourth-order valence-corrected chi connectivity index (χ4v) is 32.4. The van der Waals surface area contributed by atoms with Crippen molar-refractivity contribution < 1.29 is 9.47 Å². The summed E-state index contributed by atoms with van der Waals surface area (Å²) in [7, 11) is -0.246. The van der Waals surface area contributed by atoms with E-state index in [1.54, 1.807) is 22.3 Å². The van der Waals surface area contributed by atoms with Gasteiger partial charge in [0.2, 0.25) is 0 Å². The summed E-state index contributed by atoms with van der Waals surface area (Å²) in [6, 6.07) is 43.2. The number of hydrogen-bond donors (Lipinski definition) is 0. The normalized spacial score (nSPS) is 22.6. The highest BCUT2D eigenvalue weighted by Crippen LogP contribution is 2.67. The predicted molar refractivity (Wildman–Crippen MR) is 490 cm³/mol. The molecule has 0 aliphatic heterocycles. The predicted octanol–water partition coefficient (Wildman–Crippen LogP) is 31.3. The lowest BCUT2D eigenvalue weighted by molar-refractivity contribution is 0.274. The molecule has 0 saturated heterocycles. The van der Waals surface area contributed by atoms with E-state index in [0.29, 0.717) is 40.7 Å². The van der Waals surface area contributed by atoms with Gasteiger partial charge in [-0.15, -0.1) is 0 Å². The number of benzene rings is 6. The minimum absolute atomic E-state index is 0.000916. The van der Waals surface area contributed by atoms with E-state index in [9.17, 15) is 0 Å². The van der Waals surface area contributed by atoms with Gasteiger partial charge in [0, 0.05) is 27.8 Å². The molecule has 0 spiro atoms. The maximum atomic E-state index is 6.47. The summed E-state index contributed by atoms with van der Waals surface area (Å²) in [6.07, 6.45) is 15.8. The molecule has 6 aromatic carbocycles. The molecule has 2 saturated carbocycles. The van der Waals surface area contributed by atoms with Crippen LogP contribution in [0.1, 0.15) is 317 Å². The zero-order chi connectivity index (χ0) is 82.0. The van der Waals surface area contributed by atoms with Gasteiger partial charge in [-0.3, -0.25) is 0 Å². The average Bonchev–Trinajstić information content (AvgIpc) is 1.54. The van der Waals surface area contributed by atoms with Gasteiger partial charge in [-0.1, -0.05) is 371 Å². The van der Waals surface area contributed by atoms with E-state index in [-0.39, 0.29) is 43.3 Å². The van der Waals surface area contributed by atoms with Crippen LogP contribution in [0.25, 0.3) is 45.6 Å². The van der Waals surface area contributed by atoms with Crippen LogP contribution in [-0.2, 0) is 37.2 Å². The quantitative estimate of drug-likeness (QED) is 0.127. The van der Waals surface area contributed by atoms with Gasteiger partial charge in [0.25, 0.3) is 0 Å². The molecule has 4 heteroatoms. The van der Waals surface area contributed by atoms with Gasteiger partial charge in [-0.05, 0) is 230 Å². The van der Waals surface area contributed by atoms with Crippen LogP contribution in [0, 0.1) is 47.3 Å². The van der Waals surface area contributed by atoms with E-state index in [2.05, 4.69) is 374 Å². The van der Waals surface area contributed by atoms with Crippen molar-refractivity contribution in [2.24, 2.45) is 40.4 Å². The molecule has 6 aromatic rings. The third kappa shape index (κ3) is 16.4. The molecule has 0 aromatic heterocycles. The Morgan fingerprint density at radius 2 is 0.773 bits per heavy atom. The second-order valence-electron chi connectivity index (χ2n) is 44.5. The van der Waals surface area contributed by atoms with Crippen molar-refractivity contribution in [2.75, 3.05) is 14.2 Å². The number of rotatable bonds is 10. The van der Waals surface area contributed by atoms with Gasteiger partial charge in [0.05, 0.1) is 30.4 Å². The summed E-state index contributed by atoms with van der Waals surface area (Å²) >= 11 is 0. The van der Waals surface area contributed by atoms with Crippen LogP contribution in [-0.4, -0.2) is 30.4 Å². The summed E-state index contributed by atoms with van der Waals surface area (Å²) in [6.45, 7) is 83.9. The fourth-order valence-electron chi connectivity index (χ4n) is 21.9. The highest BCUT2D eigenvalue weighted by atomic mass is 28.3. The topological polar surface area (TPSA) is 18.5 Å². The molecular formula is C106H150O2Si2. The summed E-state index contributed by atoms with van der Waals surface area (Å²) < 4.78 is 12.9. The monoisotopic (exact) mass is 1510 g/mol. The van der Waals surface area contributed by atoms with Crippen LogP contribution in [0.15, 0.2) is 155 Å². The van der Waals surface area contributed by atoms with Crippen LogP contribution in [0.5, 0.6) is 5.75 Å². The fraction of sp³-hybridized carbons (Fsp3) is 0.547. The molecule has 6 aliphatic rings. The van der Waals surface area contributed by atoms with Crippen LogP contribution >= 0.6 is 0 Å². The van der Waals surface area contributed by atoms with Crippen molar-refractivity contribution in [1.82, 2.24) is 0 Å². The smallest absolute Gasteiger partial charge is 0.131 e. The molecule has 110 heavy (non-hydrogen) atoms. The molecule has 594 valence electrons. The van der Waals surface area contributed by atoms with Crippen LogP contribution in [0.3, 0.4) is 0 Å². The largest absolute Gasteiger partial charge is 0.496 e. The van der Waals surface area contributed by atoms with Crippen LogP contribution < -0.4 is 4.74 Å². The maximum absolute atomic E-state index is 6.47. The maximum Gasteiger partial charge on any atom is 0.131 e. The van der Waals surface area contributed by atoms with Gasteiger partial charge in [-0.2, -0.15) is 0 Å². The average molecular weight is 1510 g/mol. The van der Waals surface area contributed by atoms with Crippen molar-refractivity contribution in [3.8, 4) is 28.0 Å². The zero-order valence-electron chi connectivity index (χ0n) is 76.5. The number of allylic oxidation sites excluding steroid dienone is 9. The van der Waals surface area contributed by atoms with Crippen molar-refractivity contribution >= 4 is 39.4 Å². The van der Waals surface area contributed by atoms with Crippen LogP contribution in [0.2, 0.25) is 37.3 Å². The zero-order valence-corrected chi connectivity index (χ0v) is 78.5. The van der Waals surface area contributed by atoms with Gasteiger partial charge >= 0.3 is 0 Å². The molecule has 9 unspecified atom stereocenters. The Kier molecular flexibility index (Phi) is 23.9. The Morgan fingerprint density at radius 1 is 0.400 bits per heavy atom. The standard InChI is InChI=1S/C52H68OSi.C51H74OSi.C3H8/c1-31-27-38-40(29-42(51(10,11)12)33(3)44(38)34-19-23-36(24-20-34)49(4,5)6)47(31)54(17,18)48-32(2)28-39-41(48)30-43(52(13,14)15)46(53-16)45(39)35-21-25-37(26-22-35)50(7,8)9;1-31-28-39-40(30-42(51(12,13)14)46(52-15)45(39)34-20-24-36(25-21-34)49(6,7)8)47(31)53(16,17)43-27-26-37-38(43)29-41(50(9,10)11)32(2)44(37)33-18-22-35(23-19-33)48(3,4)5;1-3-2/h19-30,47-48H,1-18H3;18-25,29-31,37-40,43,47H,26-28H2,1-17H3;3H2,1-2H3. The summed E-state index contributed by atoms with van der Waals surface area (Å²) in [5.41, 5.74) is 37.1. The van der Waals surface area contributed by atoms with Crippen LogP contribution in [0.4, 0.5) is 0 Å². The van der Waals surface area contributed by atoms with Crippen molar-refractivity contribution in [3.05, 3.63) is 227 Å². The lowest BCUT2D eigenvalue weighted by atomic mass is 9.69. The highest BCUT2D eigenvalue weighted by molar-refractivity contribution is 6.82. The number of hydrogen-bond acceptors (Lipinski definition) is 2. The minimum atomic E-state index is -2.17. The van der Waals surface area contributed by atoms with Gasteiger partial charge in [-0.25, -0.2) is 0 Å². The Bertz CT molecular complexity index is 4580. The first-order chi connectivity index (χ1) is 50.6. The first kappa shape index (κ1) is 86.2. The molecule has 0 N–H and O–H groups in total. The molecule has 0 radical (unpaired) electrons. The van der Waals surface area contributed by atoms with Crippen molar-refractivity contribution in [1.29, 1.82) is 0 Å². The summed E-state index contributed by atoms with van der Waals surface area (Å²) in [5, 5.41) is 0. The lowest BCUT2D eigenvalue weighted by Crippen LogP contribution is -2.45. The third-order valence-corrected chi connectivity index (χ3v) is 36.8. The van der Waals surface area contributed by atoms with E-state index in [1.807, 2.05) is 14.2 Å². The lowest BCUT2D eigenvalue weighted by Gasteiger charge is -2.46. The minimum Gasteiger partial charge on any atom is -0.496 e. The molecule has 2 fully saturated rings. The van der Waals surface area contributed by atoms with E-state index in [4.69, 9.17) is 9.47 Å². The molecule has 0 heterocycles. The summed E-state index contributed by atoms with van der Waals surface area (Å²) in [4.78, 5) is 0.